The van der Waals surface area contributed by atoms with E-state index in [-0.39, 0.29) is 5.92 Å². The second-order valence-corrected chi connectivity index (χ2v) is 9.02. The molecular weight excluding hydrogens is 380 g/mol. The number of rotatable bonds is 8. The van der Waals surface area contributed by atoms with Crippen molar-refractivity contribution in [3.63, 3.8) is 0 Å². The molecule has 2 fully saturated rings. The van der Waals surface area contributed by atoms with E-state index in [1.807, 2.05) is 0 Å². The lowest BCUT2D eigenvalue weighted by atomic mass is 9.68. The largest absolute Gasteiger partial charge is 0.484 e. The minimum absolute atomic E-state index is 0.00536. The number of hydrogen-bond donors (Lipinski definition) is 0. The summed E-state index contributed by atoms with van der Waals surface area (Å²) >= 11 is 0. The summed E-state index contributed by atoms with van der Waals surface area (Å²) in [5.74, 6) is -0.0935. The van der Waals surface area contributed by atoms with Gasteiger partial charge in [0.05, 0.1) is 0 Å². The van der Waals surface area contributed by atoms with Gasteiger partial charge in [0.1, 0.15) is 6.61 Å². The Morgan fingerprint density at radius 2 is 1.52 bits per heavy atom. The standard InChI is InChI=1S/C24H34F4O/c1-2-3-4-16-5-7-17(8-6-16)18-9-11-19(12-10-18)20-13-14-21(24(28)23(20)27)29-15-22(25)26/h13-14,16-19,22H,2-12,15H2,1H3. The van der Waals surface area contributed by atoms with Gasteiger partial charge in [-0.25, -0.2) is 13.2 Å². The molecule has 0 bridgehead atoms. The quantitative estimate of drug-likeness (QED) is 0.393. The molecule has 3 rings (SSSR count). The molecule has 0 unspecified atom stereocenters. The topological polar surface area (TPSA) is 9.23 Å². The number of hydrogen-bond acceptors (Lipinski definition) is 1. The molecule has 2 saturated carbocycles. The molecule has 1 nitrogen and oxygen atoms in total. The van der Waals surface area contributed by atoms with Gasteiger partial charge in [0.25, 0.3) is 6.43 Å². The predicted octanol–water partition coefficient (Wildman–Crippen LogP) is 7.88. The SMILES string of the molecule is CCCCC1CCC(C2CCC(c3ccc(OCC(F)F)c(F)c3F)CC2)CC1. The molecule has 0 spiro atoms. The zero-order chi connectivity index (χ0) is 20.8. The maximum absolute atomic E-state index is 14.5. The first-order chi connectivity index (χ1) is 14.0. The molecule has 0 heterocycles. The van der Waals surface area contributed by atoms with E-state index in [9.17, 15) is 17.6 Å². The van der Waals surface area contributed by atoms with Crippen molar-refractivity contribution in [2.45, 2.75) is 89.9 Å². The number of alkyl halides is 2. The zero-order valence-electron chi connectivity index (χ0n) is 17.4. The third-order valence-corrected chi connectivity index (χ3v) is 7.18. The molecular formula is C24H34F4O. The minimum atomic E-state index is -2.71. The summed E-state index contributed by atoms with van der Waals surface area (Å²) in [6.45, 7) is 1.32. The fourth-order valence-electron chi connectivity index (χ4n) is 5.47. The van der Waals surface area contributed by atoms with Gasteiger partial charge in [0.2, 0.25) is 5.82 Å². The predicted molar refractivity (Wildman–Crippen MR) is 108 cm³/mol. The Kier molecular flexibility index (Phi) is 8.25. The lowest BCUT2D eigenvalue weighted by Gasteiger charge is -2.38. The average Bonchev–Trinajstić information content (AvgIpc) is 2.74. The molecule has 2 aliphatic rings. The van der Waals surface area contributed by atoms with Crippen LogP contribution in [0.2, 0.25) is 0 Å². The van der Waals surface area contributed by atoms with Gasteiger partial charge < -0.3 is 4.74 Å². The molecule has 1 aromatic rings. The maximum Gasteiger partial charge on any atom is 0.272 e. The van der Waals surface area contributed by atoms with Crippen molar-refractivity contribution >= 4 is 0 Å². The van der Waals surface area contributed by atoms with E-state index >= 15 is 0 Å². The van der Waals surface area contributed by atoms with Gasteiger partial charge in [-0.2, -0.15) is 4.39 Å². The normalized spacial score (nSPS) is 27.9. The fraction of sp³-hybridized carbons (Fsp3) is 0.750. The first kappa shape index (κ1) is 22.4. The van der Waals surface area contributed by atoms with E-state index in [2.05, 4.69) is 11.7 Å². The van der Waals surface area contributed by atoms with Crippen molar-refractivity contribution in [3.8, 4) is 5.75 Å². The summed E-state index contributed by atoms with van der Waals surface area (Å²) in [6.07, 6.45) is 10.5. The summed E-state index contributed by atoms with van der Waals surface area (Å²) in [6, 6.07) is 2.81. The summed E-state index contributed by atoms with van der Waals surface area (Å²) in [5.41, 5.74) is 0.369. The van der Waals surface area contributed by atoms with Gasteiger partial charge in [-0.1, -0.05) is 45.1 Å². The van der Waals surface area contributed by atoms with E-state index in [4.69, 9.17) is 0 Å². The number of ether oxygens (including phenoxy) is 1. The van der Waals surface area contributed by atoms with Crippen molar-refractivity contribution < 1.29 is 22.3 Å². The van der Waals surface area contributed by atoms with Gasteiger partial charge in [0, 0.05) is 0 Å². The molecule has 1 aromatic carbocycles. The van der Waals surface area contributed by atoms with Crippen LogP contribution in [0.25, 0.3) is 0 Å². The zero-order valence-corrected chi connectivity index (χ0v) is 17.4. The monoisotopic (exact) mass is 414 g/mol. The highest BCUT2D eigenvalue weighted by Crippen LogP contribution is 2.45. The van der Waals surface area contributed by atoms with Gasteiger partial charge >= 0.3 is 0 Å². The lowest BCUT2D eigenvalue weighted by Crippen LogP contribution is -2.25. The summed E-state index contributed by atoms with van der Waals surface area (Å²) in [5, 5.41) is 0. The fourth-order valence-corrected chi connectivity index (χ4v) is 5.47. The molecule has 0 radical (unpaired) electrons. The highest BCUT2D eigenvalue weighted by atomic mass is 19.3. The summed E-state index contributed by atoms with van der Waals surface area (Å²) in [7, 11) is 0. The smallest absolute Gasteiger partial charge is 0.272 e. The van der Waals surface area contributed by atoms with Gasteiger partial charge in [-0.15, -0.1) is 0 Å². The van der Waals surface area contributed by atoms with Crippen LogP contribution in [0.4, 0.5) is 17.6 Å². The molecule has 5 heteroatoms. The summed E-state index contributed by atoms with van der Waals surface area (Å²) in [4.78, 5) is 0. The first-order valence-electron chi connectivity index (χ1n) is 11.4. The lowest BCUT2D eigenvalue weighted by molar-refractivity contribution is 0.0794. The molecule has 0 aromatic heterocycles. The first-order valence-corrected chi connectivity index (χ1v) is 11.4. The van der Waals surface area contributed by atoms with Crippen LogP contribution < -0.4 is 4.74 Å². The van der Waals surface area contributed by atoms with Crippen molar-refractivity contribution in [2.24, 2.45) is 17.8 Å². The van der Waals surface area contributed by atoms with E-state index in [1.165, 1.54) is 57.1 Å². The van der Waals surface area contributed by atoms with Crippen LogP contribution in [0.15, 0.2) is 12.1 Å². The number of unbranched alkanes of at least 4 members (excludes halogenated alkanes) is 1. The minimum Gasteiger partial charge on any atom is -0.484 e. The van der Waals surface area contributed by atoms with Crippen LogP contribution in [0.5, 0.6) is 5.75 Å². The maximum atomic E-state index is 14.5. The van der Waals surface area contributed by atoms with Crippen LogP contribution in [0.1, 0.15) is 89.0 Å². The number of benzene rings is 1. The van der Waals surface area contributed by atoms with Gasteiger partial charge in [-0.05, 0) is 73.8 Å². The molecule has 0 saturated heterocycles. The second kappa shape index (κ2) is 10.7. The Balaban J connectivity index is 1.51. The molecule has 0 amide bonds. The Bertz CT molecular complexity index is 632. The van der Waals surface area contributed by atoms with Crippen molar-refractivity contribution in [3.05, 3.63) is 29.3 Å². The van der Waals surface area contributed by atoms with E-state index in [0.717, 1.165) is 37.5 Å². The van der Waals surface area contributed by atoms with Crippen molar-refractivity contribution in [2.75, 3.05) is 6.61 Å². The highest BCUT2D eigenvalue weighted by molar-refractivity contribution is 5.33. The van der Waals surface area contributed by atoms with Crippen LogP contribution in [-0.2, 0) is 0 Å². The number of halogens is 4. The van der Waals surface area contributed by atoms with E-state index < -0.39 is 30.4 Å². The second-order valence-electron chi connectivity index (χ2n) is 9.02. The highest BCUT2D eigenvalue weighted by Gasteiger charge is 2.32. The van der Waals surface area contributed by atoms with Crippen LogP contribution in [-0.4, -0.2) is 13.0 Å². The van der Waals surface area contributed by atoms with Crippen LogP contribution in [0, 0.1) is 29.4 Å². The molecule has 29 heavy (non-hydrogen) atoms. The molecule has 0 aliphatic heterocycles. The average molecular weight is 415 g/mol. The van der Waals surface area contributed by atoms with Crippen molar-refractivity contribution in [1.29, 1.82) is 0 Å². The molecule has 164 valence electrons. The molecule has 0 N–H and O–H groups in total. The van der Waals surface area contributed by atoms with Crippen LogP contribution in [0.3, 0.4) is 0 Å². The van der Waals surface area contributed by atoms with Crippen LogP contribution >= 0.6 is 0 Å². The third kappa shape index (κ3) is 5.88. The van der Waals surface area contributed by atoms with Crippen molar-refractivity contribution in [1.82, 2.24) is 0 Å². The Morgan fingerprint density at radius 3 is 2.10 bits per heavy atom. The van der Waals surface area contributed by atoms with Gasteiger partial charge in [-0.3, -0.25) is 0 Å². The Labute approximate surface area is 172 Å². The van der Waals surface area contributed by atoms with E-state index in [0.29, 0.717) is 11.5 Å². The third-order valence-electron chi connectivity index (χ3n) is 7.18. The summed E-state index contributed by atoms with van der Waals surface area (Å²) < 4.78 is 57.9. The molecule has 0 atom stereocenters. The molecule has 2 aliphatic carbocycles. The van der Waals surface area contributed by atoms with E-state index in [1.54, 1.807) is 0 Å². The Hall–Kier alpha value is -1.26. The Morgan fingerprint density at radius 1 is 0.897 bits per heavy atom. The van der Waals surface area contributed by atoms with Gasteiger partial charge in [0.15, 0.2) is 11.6 Å².